The number of allylic oxidation sites excluding steroid dienone is 3. The summed E-state index contributed by atoms with van der Waals surface area (Å²) < 4.78 is 29.3. The van der Waals surface area contributed by atoms with Crippen LogP contribution < -0.4 is 11.3 Å². The van der Waals surface area contributed by atoms with Gasteiger partial charge < -0.3 is 15.6 Å². The number of benzene rings is 1. The lowest BCUT2D eigenvalue weighted by Crippen LogP contribution is -2.28. The van der Waals surface area contributed by atoms with Crippen molar-refractivity contribution >= 4 is 22.9 Å². The Bertz CT molecular complexity index is 1240. The minimum Gasteiger partial charge on any atom is -0.373 e. The lowest BCUT2D eigenvalue weighted by Gasteiger charge is -2.26. The average molecular weight is 425 g/mol. The summed E-state index contributed by atoms with van der Waals surface area (Å²) in [7, 11) is 0. The number of primary amides is 1. The number of fused-ring (bicyclic) bond motifs is 1. The summed E-state index contributed by atoms with van der Waals surface area (Å²) in [6.07, 6.45) is 7.49. The van der Waals surface area contributed by atoms with Gasteiger partial charge in [-0.15, -0.1) is 0 Å². The largest absolute Gasteiger partial charge is 0.373 e. The minimum atomic E-state index is -0.987. The molecule has 3 heterocycles. The number of dihydropyridines is 1. The normalized spacial score (nSPS) is 20.9. The highest BCUT2D eigenvalue weighted by Gasteiger charge is 2.22. The molecule has 7 nitrogen and oxygen atoms in total. The summed E-state index contributed by atoms with van der Waals surface area (Å²) in [5.41, 5.74) is 7.12. The maximum Gasteiger partial charge on any atom is 0.270 e. The molecule has 0 saturated carbocycles. The highest BCUT2D eigenvalue weighted by Crippen LogP contribution is 2.25. The van der Waals surface area contributed by atoms with E-state index in [0.29, 0.717) is 41.7 Å². The quantitative estimate of drug-likeness (QED) is 0.785. The third-order valence-corrected chi connectivity index (χ3v) is 5.38. The van der Waals surface area contributed by atoms with Gasteiger partial charge in [0.25, 0.3) is 5.56 Å². The number of nitrogens with two attached hydrogens (primary N) is 1. The van der Waals surface area contributed by atoms with E-state index in [9.17, 15) is 18.4 Å². The molecule has 2 aliphatic heterocycles. The standard InChI is InChI=1S/C22H21F2N5O2/c1-2-15-22(31)28-19-16(26-15)5-3-13(18(19)23)11-29-9-7-12(8-10-29)14-4-6-17(21(25)30)27-20(14)24/h3-7,9,17H,2,8,10-11H2,1H3,(H2,25,30)(H,28,31). The highest BCUT2D eigenvalue weighted by atomic mass is 19.1. The third-order valence-electron chi connectivity index (χ3n) is 5.38. The summed E-state index contributed by atoms with van der Waals surface area (Å²) in [6, 6.07) is 2.36. The van der Waals surface area contributed by atoms with Crippen LogP contribution in [0.25, 0.3) is 11.0 Å². The fraction of sp³-hybridized carbons (Fsp3) is 0.273. The van der Waals surface area contributed by atoms with Crippen LogP contribution in [0.1, 0.15) is 24.6 Å². The van der Waals surface area contributed by atoms with Crippen molar-refractivity contribution in [3.63, 3.8) is 0 Å². The van der Waals surface area contributed by atoms with Gasteiger partial charge in [0.2, 0.25) is 11.9 Å². The SMILES string of the molecule is CCc1nc2ccc(CN3C=CC(=C4C=CC(C(N)=O)N=C4F)CC3)c(F)c2[nH]c1=O. The van der Waals surface area contributed by atoms with Gasteiger partial charge in [0.05, 0.1) is 5.52 Å². The van der Waals surface area contributed by atoms with Crippen LogP contribution in [0.2, 0.25) is 0 Å². The minimum absolute atomic E-state index is 0.0955. The number of amides is 1. The number of halogens is 2. The van der Waals surface area contributed by atoms with Gasteiger partial charge in [0, 0.05) is 24.2 Å². The Labute approximate surface area is 176 Å². The number of H-pyrrole nitrogens is 1. The first-order valence-electron chi connectivity index (χ1n) is 9.94. The van der Waals surface area contributed by atoms with Crippen molar-refractivity contribution < 1.29 is 13.6 Å². The van der Waals surface area contributed by atoms with E-state index in [1.165, 1.54) is 12.2 Å². The van der Waals surface area contributed by atoms with E-state index in [2.05, 4.69) is 15.0 Å². The number of aromatic amines is 1. The Morgan fingerprint density at radius 1 is 1.32 bits per heavy atom. The second kappa shape index (κ2) is 8.25. The second-order valence-electron chi connectivity index (χ2n) is 7.40. The molecule has 0 fully saturated rings. The van der Waals surface area contributed by atoms with E-state index >= 15 is 0 Å². The Morgan fingerprint density at radius 2 is 2.13 bits per heavy atom. The summed E-state index contributed by atoms with van der Waals surface area (Å²) in [5.74, 6) is -1.93. The lowest BCUT2D eigenvalue weighted by atomic mass is 9.99. The van der Waals surface area contributed by atoms with E-state index < -0.39 is 23.7 Å². The number of aryl methyl sites for hydroxylation is 1. The van der Waals surface area contributed by atoms with Crippen molar-refractivity contribution in [2.24, 2.45) is 10.7 Å². The van der Waals surface area contributed by atoms with Crippen LogP contribution in [-0.2, 0) is 17.8 Å². The Morgan fingerprint density at radius 3 is 2.77 bits per heavy atom. The fourth-order valence-corrected chi connectivity index (χ4v) is 3.65. The summed E-state index contributed by atoms with van der Waals surface area (Å²) in [4.78, 5) is 35.6. The van der Waals surface area contributed by atoms with Gasteiger partial charge in [-0.3, -0.25) is 9.59 Å². The smallest absolute Gasteiger partial charge is 0.270 e. The van der Waals surface area contributed by atoms with E-state index in [0.717, 1.165) is 5.57 Å². The van der Waals surface area contributed by atoms with Gasteiger partial charge in [0.1, 0.15) is 17.3 Å². The van der Waals surface area contributed by atoms with E-state index in [1.54, 1.807) is 24.4 Å². The molecule has 1 unspecified atom stereocenters. The van der Waals surface area contributed by atoms with Crippen LogP contribution >= 0.6 is 0 Å². The zero-order valence-electron chi connectivity index (χ0n) is 16.9. The Kier molecular flexibility index (Phi) is 5.50. The maximum absolute atomic E-state index is 15.0. The highest BCUT2D eigenvalue weighted by molar-refractivity contribution is 6.00. The first kappa shape index (κ1) is 20.6. The molecule has 160 valence electrons. The summed E-state index contributed by atoms with van der Waals surface area (Å²) in [5, 5.41) is 0. The number of rotatable bonds is 4. The molecular formula is C22H21F2N5O2. The lowest BCUT2D eigenvalue weighted by molar-refractivity contribution is -0.118. The monoisotopic (exact) mass is 425 g/mol. The predicted octanol–water partition coefficient (Wildman–Crippen LogP) is 2.43. The molecule has 31 heavy (non-hydrogen) atoms. The van der Waals surface area contributed by atoms with Gasteiger partial charge in [-0.05, 0) is 42.8 Å². The van der Waals surface area contributed by atoms with Crippen molar-refractivity contribution in [1.29, 1.82) is 0 Å². The van der Waals surface area contributed by atoms with Crippen molar-refractivity contribution in [2.75, 3.05) is 6.54 Å². The number of nitrogens with one attached hydrogen (secondary N) is 1. The first-order valence-corrected chi connectivity index (χ1v) is 9.94. The first-order chi connectivity index (χ1) is 14.9. The average Bonchev–Trinajstić information content (AvgIpc) is 2.76. The molecule has 1 amide bonds. The Balaban J connectivity index is 1.55. The van der Waals surface area contributed by atoms with Crippen LogP contribution in [0.4, 0.5) is 8.78 Å². The number of nitrogens with zero attached hydrogens (tertiary/aromatic N) is 3. The molecule has 3 N–H and O–H groups in total. The molecule has 1 aromatic carbocycles. The van der Waals surface area contributed by atoms with Crippen LogP contribution in [-0.4, -0.2) is 39.3 Å². The Hall–Kier alpha value is -3.62. The molecule has 0 radical (unpaired) electrons. The molecule has 0 spiro atoms. The van der Waals surface area contributed by atoms with Gasteiger partial charge in [0.15, 0.2) is 5.82 Å². The van der Waals surface area contributed by atoms with E-state index in [4.69, 9.17) is 5.73 Å². The molecule has 2 aliphatic rings. The topological polar surface area (TPSA) is 104 Å². The molecule has 9 heteroatoms. The zero-order chi connectivity index (χ0) is 22.1. The van der Waals surface area contributed by atoms with Crippen molar-refractivity contribution in [3.8, 4) is 0 Å². The van der Waals surface area contributed by atoms with E-state index in [-0.39, 0.29) is 17.6 Å². The summed E-state index contributed by atoms with van der Waals surface area (Å²) in [6.45, 7) is 2.64. The molecule has 0 saturated heterocycles. The van der Waals surface area contributed by atoms with Crippen molar-refractivity contribution in [3.05, 3.63) is 75.1 Å². The van der Waals surface area contributed by atoms with Crippen LogP contribution in [0.3, 0.4) is 0 Å². The molecular weight excluding hydrogens is 404 g/mol. The number of hydrogen-bond donors (Lipinski definition) is 2. The van der Waals surface area contributed by atoms with Crippen molar-refractivity contribution in [1.82, 2.24) is 14.9 Å². The second-order valence-corrected chi connectivity index (χ2v) is 7.40. The molecule has 4 rings (SSSR count). The molecule has 1 aromatic heterocycles. The maximum atomic E-state index is 15.0. The summed E-state index contributed by atoms with van der Waals surface area (Å²) >= 11 is 0. The molecule has 0 aliphatic carbocycles. The fourth-order valence-electron chi connectivity index (χ4n) is 3.65. The van der Waals surface area contributed by atoms with Gasteiger partial charge >= 0.3 is 0 Å². The third kappa shape index (κ3) is 4.03. The number of carbonyl (C=O) groups is 1. The molecule has 2 aromatic rings. The molecule has 1 atom stereocenters. The van der Waals surface area contributed by atoms with Gasteiger partial charge in [-0.1, -0.05) is 19.1 Å². The number of aromatic nitrogens is 2. The van der Waals surface area contributed by atoms with Gasteiger partial charge in [-0.2, -0.15) is 4.39 Å². The number of aliphatic imine (C=N–C) groups is 1. The van der Waals surface area contributed by atoms with E-state index in [1.807, 2.05) is 11.8 Å². The van der Waals surface area contributed by atoms with Crippen LogP contribution in [0, 0.1) is 5.82 Å². The van der Waals surface area contributed by atoms with Crippen LogP contribution in [0.5, 0.6) is 0 Å². The van der Waals surface area contributed by atoms with Gasteiger partial charge in [-0.25, -0.2) is 14.4 Å². The predicted molar refractivity (Wildman–Crippen MR) is 114 cm³/mol. The van der Waals surface area contributed by atoms with Crippen molar-refractivity contribution in [2.45, 2.75) is 32.4 Å². The molecule has 0 bridgehead atoms. The zero-order valence-corrected chi connectivity index (χ0v) is 16.9. The van der Waals surface area contributed by atoms with Crippen LogP contribution in [0.15, 0.2) is 57.5 Å². The number of carbonyl (C=O) groups excluding carboxylic acids is 1. The number of hydrogen-bond acceptors (Lipinski definition) is 5.